The summed E-state index contributed by atoms with van der Waals surface area (Å²) in [5.41, 5.74) is 0.899. The Hall–Kier alpha value is -1.26. The lowest BCUT2D eigenvalue weighted by atomic mass is 10.3. The number of halogens is 1. The largest absolute Gasteiger partial charge is 0.473 e. The van der Waals surface area contributed by atoms with Crippen LogP contribution >= 0.6 is 22.9 Å². The van der Waals surface area contributed by atoms with Crippen molar-refractivity contribution in [2.45, 2.75) is 26.5 Å². The smallest absolute Gasteiger partial charge is 0.237 e. The molecular weight excluding hydrogens is 268 g/mol. The Morgan fingerprint density at radius 1 is 1.39 bits per heavy atom. The minimum atomic E-state index is 0.108. The molecule has 2 aromatic rings. The first kappa shape index (κ1) is 13.2. The van der Waals surface area contributed by atoms with Gasteiger partial charge in [-0.2, -0.15) is 0 Å². The van der Waals surface area contributed by atoms with E-state index >= 15 is 0 Å². The summed E-state index contributed by atoms with van der Waals surface area (Å²) < 4.78 is 6.45. The Morgan fingerprint density at radius 2 is 2.22 bits per heavy atom. The summed E-state index contributed by atoms with van der Waals surface area (Å²) in [5, 5.41) is 3.31. The van der Waals surface area contributed by atoms with Crippen LogP contribution in [0.25, 0.3) is 0 Å². The Labute approximate surface area is 116 Å². The zero-order valence-corrected chi connectivity index (χ0v) is 11.9. The summed E-state index contributed by atoms with van der Waals surface area (Å²) in [5.74, 6) is 0.634. The first-order valence-corrected chi connectivity index (χ1v) is 6.94. The highest BCUT2D eigenvalue weighted by molar-refractivity contribution is 7.16. The molecule has 0 amide bonds. The van der Waals surface area contributed by atoms with Crippen molar-refractivity contribution in [2.75, 3.05) is 5.32 Å². The number of rotatable bonds is 5. The molecule has 0 radical (unpaired) electrons. The van der Waals surface area contributed by atoms with Crippen LogP contribution in [0.1, 0.15) is 18.7 Å². The monoisotopic (exact) mass is 282 g/mol. The summed E-state index contributed by atoms with van der Waals surface area (Å²) in [6, 6.07) is 7.76. The number of nitrogens with zero attached hydrogens (tertiary/aromatic N) is 1. The van der Waals surface area contributed by atoms with Crippen LogP contribution in [-0.2, 0) is 6.54 Å². The summed E-state index contributed by atoms with van der Waals surface area (Å²) in [4.78, 5) is 5.41. The van der Waals surface area contributed by atoms with Crippen molar-refractivity contribution in [2.24, 2.45) is 0 Å². The van der Waals surface area contributed by atoms with Gasteiger partial charge in [0.05, 0.1) is 16.1 Å². The molecule has 2 rings (SSSR count). The predicted octanol–water partition coefficient (Wildman–Crippen LogP) is 4.20. The fourth-order valence-electron chi connectivity index (χ4n) is 1.47. The molecule has 0 unspecified atom stereocenters. The van der Waals surface area contributed by atoms with Gasteiger partial charge in [-0.25, -0.2) is 4.98 Å². The average Bonchev–Trinajstić information content (AvgIpc) is 2.73. The van der Waals surface area contributed by atoms with Crippen LogP contribution in [0.3, 0.4) is 0 Å². The SMILES string of the molecule is CC(C)Oc1ncccc1NCc1ccc(Cl)s1. The summed E-state index contributed by atoms with van der Waals surface area (Å²) >= 11 is 7.46. The predicted molar refractivity (Wildman–Crippen MR) is 76.7 cm³/mol. The third-order valence-corrected chi connectivity index (χ3v) is 3.43. The summed E-state index contributed by atoms with van der Waals surface area (Å²) in [7, 11) is 0. The van der Waals surface area contributed by atoms with Gasteiger partial charge in [0.1, 0.15) is 0 Å². The van der Waals surface area contributed by atoms with E-state index in [1.165, 1.54) is 4.88 Å². The van der Waals surface area contributed by atoms with E-state index in [-0.39, 0.29) is 6.10 Å². The van der Waals surface area contributed by atoms with E-state index in [2.05, 4.69) is 10.3 Å². The molecule has 2 aromatic heterocycles. The van der Waals surface area contributed by atoms with Gasteiger partial charge in [-0.1, -0.05) is 11.6 Å². The molecule has 0 atom stereocenters. The van der Waals surface area contributed by atoms with Gasteiger partial charge in [0.2, 0.25) is 5.88 Å². The number of nitrogens with one attached hydrogen (secondary N) is 1. The van der Waals surface area contributed by atoms with Crippen molar-refractivity contribution in [3.63, 3.8) is 0 Å². The van der Waals surface area contributed by atoms with Gasteiger partial charge in [0, 0.05) is 17.6 Å². The fourth-order valence-corrected chi connectivity index (χ4v) is 2.50. The van der Waals surface area contributed by atoms with Gasteiger partial charge in [-0.3, -0.25) is 0 Å². The van der Waals surface area contributed by atoms with Crippen molar-refractivity contribution in [3.8, 4) is 5.88 Å². The average molecular weight is 283 g/mol. The molecule has 96 valence electrons. The summed E-state index contributed by atoms with van der Waals surface area (Å²) in [6.45, 7) is 4.69. The third kappa shape index (κ3) is 3.62. The first-order chi connectivity index (χ1) is 8.65. The number of aromatic nitrogens is 1. The van der Waals surface area contributed by atoms with Crippen molar-refractivity contribution >= 4 is 28.6 Å². The van der Waals surface area contributed by atoms with Crippen LogP contribution in [0, 0.1) is 0 Å². The molecule has 0 aromatic carbocycles. The Balaban J connectivity index is 2.04. The topological polar surface area (TPSA) is 34.1 Å². The molecule has 0 aliphatic rings. The fraction of sp³-hybridized carbons (Fsp3) is 0.308. The maximum absolute atomic E-state index is 5.90. The molecule has 0 aliphatic heterocycles. The second kappa shape index (κ2) is 6.07. The van der Waals surface area contributed by atoms with E-state index in [0.717, 1.165) is 16.6 Å². The maximum atomic E-state index is 5.90. The van der Waals surface area contributed by atoms with Crippen molar-refractivity contribution < 1.29 is 4.74 Å². The quantitative estimate of drug-likeness (QED) is 0.893. The second-order valence-electron chi connectivity index (χ2n) is 4.08. The van der Waals surface area contributed by atoms with Crippen LogP contribution < -0.4 is 10.1 Å². The van der Waals surface area contributed by atoms with Gasteiger partial charge < -0.3 is 10.1 Å². The Morgan fingerprint density at radius 3 is 2.89 bits per heavy atom. The lowest BCUT2D eigenvalue weighted by molar-refractivity contribution is 0.234. The molecule has 0 fully saturated rings. The highest BCUT2D eigenvalue weighted by Gasteiger charge is 2.06. The zero-order valence-electron chi connectivity index (χ0n) is 10.3. The molecule has 2 heterocycles. The molecule has 5 heteroatoms. The van der Waals surface area contributed by atoms with E-state index < -0.39 is 0 Å². The highest BCUT2D eigenvalue weighted by Crippen LogP contribution is 2.25. The van der Waals surface area contributed by atoms with Crippen molar-refractivity contribution in [3.05, 3.63) is 39.7 Å². The minimum absolute atomic E-state index is 0.108. The lowest BCUT2D eigenvalue weighted by Crippen LogP contribution is -2.09. The van der Waals surface area contributed by atoms with Crippen LogP contribution in [0.2, 0.25) is 4.34 Å². The van der Waals surface area contributed by atoms with E-state index in [1.54, 1.807) is 17.5 Å². The molecule has 3 nitrogen and oxygen atoms in total. The standard InChI is InChI=1S/C13H15ClN2OS/c1-9(2)17-13-11(4-3-7-15-13)16-8-10-5-6-12(14)18-10/h3-7,9,16H,8H2,1-2H3. The molecule has 0 saturated heterocycles. The molecule has 0 aliphatic carbocycles. The molecule has 1 N–H and O–H groups in total. The van der Waals surface area contributed by atoms with Crippen molar-refractivity contribution in [1.82, 2.24) is 4.98 Å². The molecule has 0 spiro atoms. The minimum Gasteiger partial charge on any atom is -0.473 e. The number of hydrogen-bond acceptors (Lipinski definition) is 4. The highest BCUT2D eigenvalue weighted by atomic mass is 35.5. The maximum Gasteiger partial charge on any atom is 0.237 e. The molecule has 0 bridgehead atoms. The number of anilines is 1. The first-order valence-electron chi connectivity index (χ1n) is 5.75. The number of ether oxygens (including phenoxy) is 1. The lowest BCUT2D eigenvalue weighted by Gasteiger charge is -2.13. The number of thiophene rings is 1. The zero-order chi connectivity index (χ0) is 13.0. The van der Waals surface area contributed by atoms with E-state index in [4.69, 9.17) is 16.3 Å². The van der Waals surface area contributed by atoms with Crippen LogP contribution in [-0.4, -0.2) is 11.1 Å². The Kier molecular flexibility index (Phi) is 4.44. The van der Waals surface area contributed by atoms with E-state index in [1.807, 2.05) is 38.1 Å². The summed E-state index contributed by atoms with van der Waals surface area (Å²) in [6.07, 6.45) is 1.84. The molecule has 18 heavy (non-hydrogen) atoms. The van der Waals surface area contributed by atoms with Gasteiger partial charge in [0.25, 0.3) is 0 Å². The number of pyridine rings is 1. The number of hydrogen-bond donors (Lipinski definition) is 1. The van der Waals surface area contributed by atoms with Crippen molar-refractivity contribution in [1.29, 1.82) is 0 Å². The van der Waals surface area contributed by atoms with Gasteiger partial charge >= 0.3 is 0 Å². The third-order valence-electron chi connectivity index (χ3n) is 2.20. The van der Waals surface area contributed by atoms with Crippen LogP contribution in [0.4, 0.5) is 5.69 Å². The molecular formula is C13H15ClN2OS. The normalized spacial score (nSPS) is 10.7. The van der Waals surface area contributed by atoms with Gasteiger partial charge in [0.15, 0.2) is 0 Å². The Bertz CT molecular complexity index is 513. The van der Waals surface area contributed by atoms with Crippen LogP contribution in [0.5, 0.6) is 5.88 Å². The van der Waals surface area contributed by atoms with Gasteiger partial charge in [-0.05, 0) is 38.1 Å². The van der Waals surface area contributed by atoms with E-state index in [0.29, 0.717) is 5.88 Å². The molecule has 0 saturated carbocycles. The van der Waals surface area contributed by atoms with Gasteiger partial charge in [-0.15, -0.1) is 11.3 Å². The van der Waals surface area contributed by atoms with Crippen LogP contribution in [0.15, 0.2) is 30.5 Å². The van der Waals surface area contributed by atoms with E-state index in [9.17, 15) is 0 Å². The second-order valence-corrected chi connectivity index (χ2v) is 5.88.